The molecule has 7 heteroatoms. The molecule has 0 saturated carbocycles. The summed E-state index contributed by atoms with van der Waals surface area (Å²) in [6, 6.07) is 11.1. The first-order valence-electron chi connectivity index (χ1n) is 10.5. The number of nitrogens with two attached hydrogens (primary N) is 1. The van der Waals surface area contributed by atoms with Crippen molar-refractivity contribution in [3.05, 3.63) is 83.5 Å². The number of ether oxygens (including phenoxy) is 1. The van der Waals surface area contributed by atoms with Crippen molar-refractivity contribution in [3.63, 3.8) is 0 Å². The predicted molar refractivity (Wildman–Crippen MR) is 131 cm³/mol. The predicted octanol–water partition coefficient (Wildman–Crippen LogP) is 2.90. The van der Waals surface area contributed by atoms with Gasteiger partial charge in [0.05, 0.1) is 11.5 Å². The zero-order valence-electron chi connectivity index (χ0n) is 18.7. The van der Waals surface area contributed by atoms with Crippen LogP contribution >= 0.6 is 0 Å². The van der Waals surface area contributed by atoms with Gasteiger partial charge in [0.25, 0.3) is 0 Å². The Balaban J connectivity index is 1.83. The third kappa shape index (κ3) is 4.78. The Kier molecular flexibility index (Phi) is 6.51. The van der Waals surface area contributed by atoms with Gasteiger partial charge in [-0.2, -0.15) is 0 Å². The molecule has 33 heavy (non-hydrogen) atoms. The van der Waals surface area contributed by atoms with E-state index in [1.807, 2.05) is 61.5 Å². The third-order valence-electron chi connectivity index (χ3n) is 5.31. The Morgan fingerprint density at radius 1 is 1.21 bits per heavy atom. The van der Waals surface area contributed by atoms with Gasteiger partial charge >= 0.3 is 0 Å². The summed E-state index contributed by atoms with van der Waals surface area (Å²) in [5.41, 5.74) is 9.17. The number of allylic oxidation sites excluding steroid dienone is 1. The highest BCUT2D eigenvalue weighted by Crippen LogP contribution is 2.29. The number of aromatic amines is 1. The summed E-state index contributed by atoms with van der Waals surface area (Å²) < 4.78 is 20.9. The van der Waals surface area contributed by atoms with Crippen LogP contribution in [0.2, 0.25) is 0 Å². The van der Waals surface area contributed by atoms with E-state index < -0.39 is 5.82 Å². The number of fused-ring (bicyclic) bond motifs is 1. The summed E-state index contributed by atoms with van der Waals surface area (Å²) in [5.74, 6) is 0.307. The zero-order chi connectivity index (χ0) is 23.4. The van der Waals surface area contributed by atoms with Crippen molar-refractivity contribution >= 4 is 28.9 Å². The Bertz CT molecular complexity index is 1390. The second-order valence-corrected chi connectivity index (χ2v) is 7.91. The number of hydrogen-bond donors (Lipinski definition) is 2. The normalized spacial score (nSPS) is 12.6. The topological polar surface area (TPSA) is 80.1 Å². The van der Waals surface area contributed by atoms with Crippen LogP contribution in [0.15, 0.2) is 61.6 Å². The molecule has 1 aromatic carbocycles. The summed E-state index contributed by atoms with van der Waals surface area (Å²) in [4.78, 5) is 13.6. The molecule has 0 unspecified atom stereocenters. The van der Waals surface area contributed by atoms with E-state index in [9.17, 15) is 0 Å². The molecule has 0 amide bonds. The van der Waals surface area contributed by atoms with E-state index in [1.165, 1.54) is 12.4 Å². The van der Waals surface area contributed by atoms with Gasteiger partial charge in [0, 0.05) is 41.3 Å². The van der Waals surface area contributed by atoms with Crippen LogP contribution in [0.25, 0.3) is 40.0 Å². The fourth-order valence-corrected chi connectivity index (χ4v) is 3.61. The largest absolute Gasteiger partial charge is 0.492 e. The number of aromatic nitrogens is 3. The lowest BCUT2D eigenvalue weighted by Gasteiger charge is -2.12. The minimum atomic E-state index is -0.423. The SMILES string of the molecule is C=C(/C=c1\c(=C/N)[nH]c2ncc(F)c(-c3ccc(OCCN(C)C)cc3)c12)c1cccnc1. The number of rotatable bonds is 7. The van der Waals surface area contributed by atoms with E-state index in [4.69, 9.17) is 10.5 Å². The van der Waals surface area contributed by atoms with Gasteiger partial charge in [-0.05, 0) is 55.1 Å². The molecule has 0 saturated heterocycles. The Morgan fingerprint density at radius 3 is 2.67 bits per heavy atom. The van der Waals surface area contributed by atoms with Crippen LogP contribution in [0, 0.1) is 5.82 Å². The molecular weight excluding hydrogens is 417 g/mol. The van der Waals surface area contributed by atoms with Gasteiger partial charge in [0.1, 0.15) is 23.8 Å². The molecule has 0 radical (unpaired) electrons. The molecule has 3 N–H and O–H groups in total. The van der Waals surface area contributed by atoms with Gasteiger partial charge in [-0.25, -0.2) is 9.37 Å². The quantitative estimate of drug-likeness (QED) is 0.459. The van der Waals surface area contributed by atoms with Crippen LogP contribution in [-0.2, 0) is 0 Å². The third-order valence-corrected chi connectivity index (χ3v) is 5.31. The van der Waals surface area contributed by atoms with E-state index in [0.717, 1.165) is 28.6 Å². The minimum absolute atomic E-state index is 0.423. The van der Waals surface area contributed by atoms with Crippen molar-refractivity contribution < 1.29 is 9.13 Å². The van der Waals surface area contributed by atoms with Crippen molar-refractivity contribution in [1.82, 2.24) is 19.9 Å². The monoisotopic (exact) mass is 443 g/mol. The summed E-state index contributed by atoms with van der Waals surface area (Å²) in [5, 5.41) is 1.99. The van der Waals surface area contributed by atoms with Crippen LogP contribution < -0.4 is 21.0 Å². The van der Waals surface area contributed by atoms with E-state index in [0.29, 0.717) is 34.1 Å². The molecule has 0 atom stereocenters. The second-order valence-electron chi connectivity index (χ2n) is 7.91. The number of halogens is 1. The maximum absolute atomic E-state index is 15.1. The highest BCUT2D eigenvalue weighted by molar-refractivity contribution is 5.98. The highest BCUT2D eigenvalue weighted by atomic mass is 19.1. The van der Waals surface area contributed by atoms with Gasteiger partial charge in [0.2, 0.25) is 0 Å². The van der Waals surface area contributed by atoms with Crippen molar-refractivity contribution in [1.29, 1.82) is 0 Å². The Labute approximate surface area is 191 Å². The lowest BCUT2D eigenvalue weighted by atomic mass is 10.0. The fraction of sp³-hybridized carbons (Fsp3) is 0.154. The minimum Gasteiger partial charge on any atom is -0.492 e. The first kappa shape index (κ1) is 22.2. The van der Waals surface area contributed by atoms with Crippen LogP contribution in [0.3, 0.4) is 0 Å². The van der Waals surface area contributed by atoms with Crippen LogP contribution in [-0.4, -0.2) is 47.1 Å². The zero-order valence-corrected chi connectivity index (χ0v) is 18.7. The van der Waals surface area contributed by atoms with Gasteiger partial charge in [-0.1, -0.05) is 24.8 Å². The van der Waals surface area contributed by atoms with E-state index in [2.05, 4.69) is 21.5 Å². The van der Waals surface area contributed by atoms with Crippen LogP contribution in [0.5, 0.6) is 5.75 Å². The lowest BCUT2D eigenvalue weighted by Crippen LogP contribution is -2.24. The van der Waals surface area contributed by atoms with Gasteiger partial charge < -0.3 is 20.4 Å². The van der Waals surface area contributed by atoms with Gasteiger partial charge in [-0.15, -0.1) is 0 Å². The molecule has 4 aromatic rings. The summed E-state index contributed by atoms with van der Waals surface area (Å²) in [7, 11) is 3.98. The average Bonchev–Trinajstić information content (AvgIpc) is 3.17. The van der Waals surface area contributed by atoms with E-state index in [1.54, 1.807) is 12.4 Å². The first-order valence-corrected chi connectivity index (χ1v) is 10.5. The maximum atomic E-state index is 15.1. The molecule has 168 valence electrons. The standard InChI is InChI=1S/C26H26FN5O/c1-17(19-5-4-10-29-15-19)13-21-23(14-28)31-26-25(21)24(22(27)16-30-26)18-6-8-20(9-7-18)33-12-11-32(2)3/h4-10,13-16H,1,11-12,28H2,2-3H3,(H,30,31)/b21-13+,23-14+. The second kappa shape index (κ2) is 9.67. The molecular formula is C26H26FN5O. The van der Waals surface area contributed by atoms with Crippen molar-refractivity contribution in [3.8, 4) is 16.9 Å². The highest BCUT2D eigenvalue weighted by Gasteiger charge is 2.15. The summed E-state index contributed by atoms with van der Waals surface area (Å²) in [6.07, 6.45) is 7.97. The van der Waals surface area contributed by atoms with Crippen molar-refractivity contribution in [2.24, 2.45) is 5.73 Å². The molecule has 6 nitrogen and oxygen atoms in total. The Morgan fingerprint density at radius 2 is 2.00 bits per heavy atom. The average molecular weight is 444 g/mol. The van der Waals surface area contributed by atoms with E-state index in [-0.39, 0.29) is 0 Å². The molecule has 3 aromatic heterocycles. The Hall–Kier alpha value is -3.97. The molecule has 0 aliphatic carbocycles. The van der Waals surface area contributed by atoms with Crippen LogP contribution in [0.4, 0.5) is 4.39 Å². The number of nitrogens with one attached hydrogen (secondary N) is 1. The smallest absolute Gasteiger partial charge is 0.150 e. The summed E-state index contributed by atoms with van der Waals surface area (Å²) in [6.45, 7) is 5.54. The molecule has 0 spiro atoms. The van der Waals surface area contributed by atoms with Crippen molar-refractivity contribution in [2.45, 2.75) is 0 Å². The molecule has 0 aliphatic heterocycles. The first-order chi connectivity index (χ1) is 16.0. The van der Waals surface area contributed by atoms with E-state index >= 15 is 4.39 Å². The summed E-state index contributed by atoms with van der Waals surface area (Å²) >= 11 is 0. The molecule has 0 fully saturated rings. The number of H-pyrrole nitrogens is 1. The number of hydrogen-bond acceptors (Lipinski definition) is 5. The van der Waals surface area contributed by atoms with Gasteiger partial charge in [-0.3, -0.25) is 4.98 Å². The maximum Gasteiger partial charge on any atom is 0.150 e. The van der Waals surface area contributed by atoms with Gasteiger partial charge in [0.15, 0.2) is 0 Å². The number of nitrogens with zero attached hydrogens (tertiary/aromatic N) is 3. The number of benzene rings is 1. The molecule has 3 heterocycles. The van der Waals surface area contributed by atoms with Crippen LogP contribution in [0.1, 0.15) is 5.56 Å². The molecule has 0 aliphatic rings. The molecule has 0 bridgehead atoms. The lowest BCUT2D eigenvalue weighted by molar-refractivity contribution is 0.261. The van der Waals surface area contributed by atoms with Crippen molar-refractivity contribution in [2.75, 3.05) is 27.2 Å². The molecule has 4 rings (SSSR count). The fourth-order valence-electron chi connectivity index (χ4n) is 3.61. The number of pyridine rings is 2. The number of likely N-dealkylation sites (N-methyl/N-ethyl adjacent to an activating group) is 1.